The fourth-order valence-electron chi connectivity index (χ4n) is 2.81. The van der Waals surface area contributed by atoms with Crippen LogP contribution in [0.25, 0.3) is 11.1 Å². The maximum absolute atomic E-state index is 12.5. The summed E-state index contributed by atoms with van der Waals surface area (Å²) in [6.07, 6.45) is 1.69. The van der Waals surface area contributed by atoms with E-state index < -0.39 is 5.54 Å². The van der Waals surface area contributed by atoms with E-state index in [9.17, 15) is 4.79 Å². The summed E-state index contributed by atoms with van der Waals surface area (Å²) < 4.78 is 1.43. The van der Waals surface area contributed by atoms with Gasteiger partial charge in [-0.25, -0.2) is 4.68 Å². The van der Waals surface area contributed by atoms with Crippen molar-refractivity contribution in [3.63, 3.8) is 0 Å². The highest BCUT2D eigenvalue weighted by Gasteiger charge is 2.20. The van der Waals surface area contributed by atoms with E-state index >= 15 is 0 Å². The van der Waals surface area contributed by atoms with Crippen molar-refractivity contribution >= 4 is 23.4 Å². The summed E-state index contributed by atoms with van der Waals surface area (Å²) >= 11 is 7.90. The van der Waals surface area contributed by atoms with E-state index in [0.717, 1.165) is 0 Å². The quantitative estimate of drug-likeness (QED) is 0.492. The summed E-state index contributed by atoms with van der Waals surface area (Å²) in [4.78, 5) is 13.2. The van der Waals surface area contributed by atoms with Gasteiger partial charge in [0.25, 0.3) is 5.56 Å². The van der Waals surface area contributed by atoms with E-state index in [1.54, 1.807) is 18.0 Å². The Morgan fingerprint density at radius 1 is 1.00 bits per heavy atom. The third-order valence-corrected chi connectivity index (χ3v) is 5.98. The van der Waals surface area contributed by atoms with Crippen molar-refractivity contribution in [1.82, 2.24) is 9.78 Å². The van der Waals surface area contributed by atoms with Gasteiger partial charge in [-0.2, -0.15) is 5.10 Å². The Morgan fingerprint density at radius 3 is 2.19 bits per heavy atom. The minimum atomic E-state index is -0.400. The highest BCUT2D eigenvalue weighted by atomic mass is 35.5. The summed E-state index contributed by atoms with van der Waals surface area (Å²) in [7, 11) is 0. The molecule has 1 heterocycles. The van der Waals surface area contributed by atoms with Gasteiger partial charge in [0.05, 0.1) is 16.6 Å². The number of hydrogen-bond acceptors (Lipinski definition) is 3. The summed E-state index contributed by atoms with van der Waals surface area (Å²) in [5, 5.41) is 4.70. The first-order valence-electron chi connectivity index (χ1n) is 8.88. The molecule has 0 aliphatic heterocycles. The molecule has 0 saturated carbocycles. The van der Waals surface area contributed by atoms with E-state index in [0.29, 0.717) is 4.90 Å². The zero-order valence-corrected chi connectivity index (χ0v) is 17.5. The monoisotopic (exact) mass is 398 g/mol. The molecule has 0 amide bonds. The highest BCUT2D eigenvalue weighted by molar-refractivity contribution is 7.99. The number of thioether (sulfide) groups is 1. The van der Waals surface area contributed by atoms with Crippen molar-refractivity contribution in [2.45, 2.75) is 43.4 Å². The van der Waals surface area contributed by atoms with E-state index in [1.807, 2.05) is 39.0 Å². The van der Waals surface area contributed by atoms with E-state index in [4.69, 9.17) is 11.6 Å². The molecule has 3 rings (SSSR count). The molecule has 1 atom stereocenters. The van der Waals surface area contributed by atoms with Crippen molar-refractivity contribution in [1.29, 1.82) is 0 Å². The van der Waals surface area contributed by atoms with Gasteiger partial charge in [-0.05, 0) is 44.4 Å². The highest BCUT2D eigenvalue weighted by Crippen LogP contribution is 2.37. The normalized spacial score (nSPS) is 12.8. The second-order valence-electron chi connectivity index (χ2n) is 7.46. The topological polar surface area (TPSA) is 34.9 Å². The zero-order valence-electron chi connectivity index (χ0n) is 15.9. The molecular formula is C22H23ClN2OS. The van der Waals surface area contributed by atoms with E-state index in [1.165, 1.54) is 21.4 Å². The Bertz CT molecular complexity index is 976. The molecule has 1 unspecified atom stereocenters. The summed E-state index contributed by atoms with van der Waals surface area (Å²) in [6, 6.07) is 18.8. The minimum absolute atomic E-state index is 0.152. The van der Waals surface area contributed by atoms with Gasteiger partial charge >= 0.3 is 0 Å². The van der Waals surface area contributed by atoms with Gasteiger partial charge in [0.1, 0.15) is 5.02 Å². The standard InChI is InChI=1S/C22H23ClN2OS/c1-15(16-10-12-18(13-11-16)17-8-6-5-7-9-17)27-19-14-24-25(22(2,3)4)21(26)20(19)23/h5-15H,1-4H3. The molecule has 0 radical (unpaired) electrons. The van der Waals surface area contributed by atoms with Crippen molar-refractivity contribution in [2.24, 2.45) is 0 Å². The Kier molecular flexibility index (Phi) is 5.78. The van der Waals surface area contributed by atoms with Crippen molar-refractivity contribution in [3.05, 3.63) is 81.7 Å². The largest absolute Gasteiger partial charge is 0.287 e. The van der Waals surface area contributed by atoms with Gasteiger partial charge in [-0.3, -0.25) is 4.79 Å². The molecule has 0 bridgehead atoms. The average Bonchev–Trinajstić information content (AvgIpc) is 2.65. The second kappa shape index (κ2) is 7.91. The van der Waals surface area contributed by atoms with Crippen LogP contribution in [0.1, 0.15) is 38.5 Å². The van der Waals surface area contributed by atoms with Crippen molar-refractivity contribution < 1.29 is 0 Å². The van der Waals surface area contributed by atoms with Crippen LogP contribution in [-0.4, -0.2) is 9.78 Å². The lowest BCUT2D eigenvalue weighted by molar-refractivity contribution is 0.336. The molecule has 0 aliphatic rings. The summed E-state index contributed by atoms with van der Waals surface area (Å²) in [5.41, 5.74) is 2.91. The van der Waals surface area contributed by atoms with Crippen LogP contribution in [0.3, 0.4) is 0 Å². The fourth-order valence-corrected chi connectivity index (χ4v) is 4.05. The van der Waals surface area contributed by atoms with Crippen molar-refractivity contribution in [3.8, 4) is 11.1 Å². The van der Waals surface area contributed by atoms with Gasteiger partial charge in [0.15, 0.2) is 0 Å². The molecule has 27 heavy (non-hydrogen) atoms. The van der Waals surface area contributed by atoms with Gasteiger partial charge < -0.3 is 0 Å². The maximum Gasteiger partial charge on any atom is 0.287 e. The van der Waals surface area contributed by atoms with Crippen molar-refractivity contribution in [2.75, 3.05) is 0 Å². The van der Waals surface area contributed by atoms with Crippen LogP contribution in [0.2, 0.25) is 5.02 Å². The first-order chi connectivity index (χ1) is 12.8. The Hall–Kier alpha value is -2.04. The molecule has 5 heteroatoms. The van der Waals surface area contributed by atoms with Crippen LogP contribution in [0.5, 0.6) is 0 Å². The van der Waals surface area contributed by atoms with E-state index in [-0.39, 0.29) is 15.8 Å². The number of nitrogens with zero attached hydrogens (tertiary/aromatic N) is 2. The molecule has 0 saturated heterocycles. The smallest absolute Gasteiger partial charge is 0.266 e. The first-order valence-corrected chi connectivity index (χ1v) is 10.1. The number of aromatic nitrogens is 2. The van der Waals surface area contributed by atoms with Crippen LogP contribution in [-0.2, 0) is 5.54 Å². The van der Waals surface area contributed by atoms with Crippen LogP contribution >= 0.6 is 23.4 Å². The lowest BCUT2D eigenvalue weighted by Gasteiger charge is -2.21. The van der Waals surface area contributed by atoms with Gasteiger partial charge in [-0.1, -0.05) is 66.2 Å². The molecule has 0 spiro atoms. The average molecular weight is 399 g/mol. The number of rotatable bonds is 4. The third-order valence-electron chi connectivity index (χ3n) is 4.31. The zero-order chi connectivity index (χ0) is 19.6. The predicted octanol–water partition coefficient (Wildman–Crippen LogP) is 6.17. The first kappa shape index (κ1) is 19.7. The Balaban J connectivity index is 1.81. The Labute approximate surface area is 169 Å². The van der Waals surface area contributed by atoms with Gasteiger partial charge in [-0.15, -0.1) is 11.8 Å². The molecule has 1 aromatic heterocycles. The maximum atomic E-state index is 12.5. The molecule has 140 valence electrons. The predicted molar refractivity (Wildman–Crippen MR) is 115 cm³/mol. The molecule has 3 aromatic rings. The second-order valence-corrected chi connectivity index (χ2v) is 9.22. The SMILES string of the molecule is CC(Sc1cnn(C(C)(C)C)c(=O)c1Cl)c1ccc(-c2ccccc2)cc1. The molecule has 0 aliphatic carbocycles. The van der Waals surface area contributed by atoms with Crippen LogP contribution in [0, 0.1) is 0 Å². The molecule has 3 nitrogen and oxygen atoms in total. The minimum Gasteiger partial charge on any atom is -0.266 e. The summed E-state index contributed by atoms with van der Waals surface area (Å²) in [6.45, 7) is 7.90. The lowest BCUT2D eigenvalue weighted by Crippen LogP contribution is -2.36. The van der Waals surface area contributed by atoms with Crippen LogP contribution in [0.4, 0.5) is 0 Å². The van der Waals surface area contributed by atoms with Gasteiger partial charge in [0, 0.05) is 5.25 Å². The lowest BCUT2D eigenvalue weighted by atomic mass is 10.0. The van der Waals surface area contributed by atoms with Crippen LogP contribution < -0.4 is 5.56 Å². The van der Waals surface area contributed by atoms with Gasteiger partial charge in [0.2, 0.25) is 0 Å². The van der Waals surface area contributed by atoms with E-state index in [2.05, 4.69) is 48.4 Å². The molecule has 0 fully saturated rings. The van der Waals surface area contributed by atoms with Crippen LogP contribution in [0.15, 0.2) is 70.5 Å². The number of hydrogen-bond donors (Lipinski definition) is 0. The molecular weight excluding hydrogens is 376 g/mol. The summed E-state index contributed by atoms with van der Waals surface area (Å²) in [5.74, 6) is 0. The fraction of sp³-hybridized carbons (Fsp3) is 0.273. The number of benzene rings is 2. The number of halogens is 1. The Morgan fingerprint density at radius 2 is 1.59 bits per heavy atom. The molecule has 2 aromatic carbocycles. The molecule has 0 N–H and O–H groups in total. The third kappa shape index (κ3) is 4.45.